The van der Waals surface area contributed by atoms with E-state index < -0.39 is 0 Å². The smallest absolute Gasteiger partial charge is 0.317 e. The molecule has 6 heteroatoms. The largest absolute Gasteiger partial charge is 0.336 e. The number of nitrogens with zero attached hydrogens (tertiary/aromatic N) is 3. The summed E-state index contributed by atoms with van der Waals surface area (Å²) in [5.41, 5.74) is 0. The Morgan fingerprint density at radius 2 is 1.80 bits per heavy atom. The second kappa shape index (κ2) is 8.39. The molecule has 2 aliphatic heterocycles. The molecule has 0 radical (unpaired) electrons. The van der Waals surface area contributed by atoms with E-state index in [1.807, 2.05) is 18.7 Å². The van der Waals surface area contributed by atoms with Gasteiger partial charge >= 0.3 is 6.03 Å². The van der Waals surface area contributed by atoms with Gasteiger partial charge in [0.1, 0.15) is 0 Å². The van der Waals surface area contributed by atoms with Crippen molar-refractivity contribution in [2.45, 2.75) is 64.5 Å². The summed E-state index contributed by atoms with van der Waals surface area (Å²) < 4.78 is 0. The zero-order chi connectivity index (χ0) is 17.8. The molecule has 1 N–H and O–H groups in total. The van der Waals surface area contributed by atoms with Crippen LogP contribution in [0.15, 0.2) is 0 Å². The first-order valence-corrected chi connectivity index (χ1v) is 10.1. The lowest BCUT2D eigenvalue weighted by atomic mass is 10.1. The summed E-state index contributed by atoms with van der Waals surface area (Å²) in [7, 11) is 0. The number of carbonyl (C=O) groups excluding carboxylic acids is 2. The van der Waals surface area contributed by atoms with Crippen molar-refractivity contribution in [1.29, 1.82) is 0 Å². The lowest BCUT2D eigenvalue weighted by molar-refractivity contribution is -0.135. The minimum atomic E-state index is 0.00681. The first kappa shape index (κ1) is 18.5. The number of piperidine rings is 1. The Labute approximate surface area is 151 Å². The zero-order valence-electron chi connectivity index (χ0n) is 15.9. The van der Waals surface area contributed by atoms with Gasteiger partial charge in [-0.05, 0) is 59.0 Å². The summed E-state index contributed by atoms with van der Waals surface area (Å²) in [5, 5.41) is 2.97. The fourth-order valence-corrected chi connectivity index (χ4v) is 3.99. The molecule has 6 nitrogen and oxygen atoms in total. The van der Waals surface area contributed by atoms with E-state index in [-0.39, 0.29) is 24.0 Å². The van der Waals surface area contributed by atoms with Gasteiger partial charge in [0.25, 0.3) is 0 Å². The molecule has 3 fully saturated rings. The van der Waals surface area contributed by atoms with Gasteiger partial charge in [0, 0.05) is 38.1 Å². The molecule has 0 aromatic carbocycles. The molecule has 25 heavy (non-hydrogen) atoms. The molecule has 0 aromatic heterocycles. The Bertz CT molecular complexity index is 472. The van der Waals surface area contributed by atoms with Crippen LogP contribution in [-0.2, 0) is 4.79 Å². The van der Waals surface area contributed by atoms with E-state index >= 15 is 0 Å². The molecule has 1 aliphatic carbocycles. The van der Waals surface area contributed by atoms with Gasteiger partial charge in [-0.3, -0.25) is 4.79 Å². The number of nitrogens with one attached hydrogen (secondary N) is 1. The minimum Gasteiger partial charge on any atom is -0.336 e. The van der Waals surface area contributed by atoms with Gasteiger partial charge < -0.3 is 20.0 Å². The fraction of sp³-hybridized carbons (Fsp3) is 0.895. The van der Waals surface area contributed by atoms with Gasteiger partial charge in [-0.2, -0.15) is 0 Å². The Hall–Kier alpha value is -1.30. The van der Waals surface area contributed by atoms with Gasteiger partial charge in [-0.1, -0.05) is 6.42 Å². The van der Waals surface area contributed by atoms with Crippen molar-refractivity contribution in [3.63, 3.8) is 0 Å². The maximum atomic E-state index is 12.8. The molecule has 3 amide bonds. The van der Waals surface area contributed by atoms with E-state index in [1.54, 1.807) is 0 Å². The van der Waals surface area contributed by atoms with Crippen LogP contribution in [-0.4, -0.2) is 78.0 Å². The Kier molecular flexibility index (Phi) is 6.20. The number of likely N-dealkylation sites (tertiary alicyclic amines) is 2. The summed E-state index contributed by atoms with van der Waals surface area (Å²) in [5.74, 6) is 0.577. The van der Waals surface area contributed by atoms with Crippen LogP contribution in [0.3, 0.4) is 0 Å². The third kappa shape index (κ3) is 5.09. The number of amides is 3. The normalized spacial score (nSPS) is 24.6. The molecular weight excluding hydrogens is 316 g/mol. The summed E-state index contributed by atoms with van der Waals surface area (Å²) in [4.78, 5) is 31.5. The second-order valence-electron chi connectivity index (χ2n) is 8.20. The first-order chi connectivity index (χ1) is 12.0. The molecule has 0 spiro atoms. The number of rotatable bonds is 6. The van der Waals surface area contributed by atoms with Crippen LogP contribution in [0.4, 0.5) is 4.79 Å². The molecule has 142 valence electrons. The number of hydrogen-bond donors (Lipinski definition) is 1. The molecule has 0 bridgehead atoms. The maximum Gasteiger partial charge on any atom is 0.317 e. The van der Waals surface area contributed by atoms with Crippen LogP contribution < -0.4 is 5.32 Å². The minimum absolute atomic E-state index is 0.00681. The van der Waals surface area contributed by atoms with E-state index in [0.717, 1.165) is 38.9 Å². The Morgan fingerprint density at radius 3 is 2.44 bits per heavy atom. The van der Waals surface area contributed by atoms with Gasteiger partial charge in [0.15, 0.2) is 0 Å². The summed E-state index contributed by atoms with van der Waals surface area (Å²) in [6.07, 6.45) is 6.90. The molecular formula is C19H34N4O2. The highest BCUT2D eigenvalue weighted by molar-refractivity contribution is 5.81. The SMILES string of the molecule is CC(C)NC(=O)N1CCC(N(CCN2CCCCC2)C(=O)C2CC2)C1. The Morgan fingerprint density at radius 1 is 1.08 bits per heavy atom. The first-order valence-electron chi connectivity index (χ1n) is 10.1. The summed E-state index contributed by atoms with van der Waals surface area (Å²) in [6, 6.07) is 0.345. The van der Waals surface area contributed by atoms with Gasteiger partial charge in [0.2, 0.25) is 5.91 Å². The van der Waals surface area contributed by atoms with E-state index in [1.165, 1.54) is 32.4 Å². The summed E-state index contributed by atoms with van der Waals surface area (Å²) >= 11 is 0. The van der Waals surface area contributed by atoms with E-state index in [4.69, 9.17) is 0 Å². The van der Waals surface area contributed by atoms with E-state index in [0.29, 0.717) is 12.5 Å². The van der Waals surface area contributed by atoms with Crippen molar-refractivity contribution in [3.8, 4) is 0 Å². The third-order valence-electron chi connectivity index (χ3n) is 5.62. The van der Waals surface area contributed by atoms with Crippen molar-refractivity contribution in [2.24, 2.45) is 5.92 Å². The van der Waals surface area contributed by atoms with Gasteiger partial charge in [0.05, 0.1) is 6.04 Å². The average Bonchev–Trinajstić information content (AvgIpc) is 3.33. The van der Waals surface area contributed by atoms with Crippen LogP contribution in [0.2, 0.25) is 0 Å². The molecule has 1 unspecified atom stereocenters. The maximum absolute atomic E-state index is 12.8. The molecule has 1 saturated carbocycles. The lowest BCUT2D eigenvalue weighted by Gasteiger charge is -2.33. The van der Waals surface area contributed by atoms with Crippen molar-refractivity contribution in [1.82, 2.24) is 20.0 Å². The topological polar surface area (TPSA) is 55.9 Å². The highest BCUT2D eigenvalue weighted by Crippen LogP contribution is 2.32. The predicted molar refractivity (Wildman–Crippen MR) is 98.4 cm³/mol. The van der Waals surface area contributed by atoms with Gasteiger partial charge in [-0.25, -0.2) is 4.79 Å². The average molecular weight is 351 g/mol. The van der Waals surface area contributed by atoms with Crippen LogP contribution in [0.1, 0.15) is 52.4 Å². The molecule has 3 rings (SSSR count). The van der Waals surface area contributed by atoms with E-state index in [2.05, 4.69) is 15.1 Å². The highest BCUT2D eigenvalue weighted by Gasteiger charge is 2.39. The summed E-state index contributed by atoms with van der Waals surface area (Å²) in [6.45, 7) is 9.52. The standard InChI is InChI=1S/C19H34N4O2/c1-15(2)20-19(25)22-11-8-17(14-22)23(18(24)16-6-7-16)13-12-21-9-4-3-5-10-21/h15-17H,3-14H2,1-2H3,(H,20,25). The van der Waals surface area contributed by atoms with Crippen molar-refractivity contribution in [2.75, 3.05) is 39.3 Å². The lowest BCUT2D eigenvalue weighted by Crippen LogP contribution is -2.48. The van der Waals surface area contributed by atoms with Crippen LogP contribution in [0.5, 0.6) is 0 Å². The van der Waals surface area contributed by atoms with Gasteiger partial charge in [-0.15, -0.1) is 0 Å². The van der Waals surface area contributed by atoms with Crippen LogP contribution in [0.25, 0.3) is 0 Å². The monoisotopic (exact) mass is 350 g/mol. The fourth-order valence-electron chi connectivity index (χ4n) is 3.99. The molecule has 1 atom stereocenters. The quantitative estimate of drug-likeness (QED) is 0.796. The van der Waals surface area contributed by atoms with E-state index in [9.17, 15) is 9.59 Å². The van der Waals surface area contributed by atoms with Crippen molar-refractivity contribution in [3.05, 3.63) is 0 Å². The second-order valence-corrected chi connectivity index (χ2v) is 8.20. The molecule has 2 saturated heterocycles. The van der Waals surface area contributed by atoms with Crippen LogP contribution in [0, 0.1) is 5.92 Å². The number of urea groups is 1. The zero-order valence-corrected chi connectivity index (χ0v) is 15.9. The van der Waals surface area contributed by atoms with Crippen molar-refractivity contribution < 1.29 is 9.59 Å². The molecule has 2 heterocycles. The molecule has 0 aromatic rings. The Balaban J connectivity index is 1.55. The van der Waals surface area contributed by atoms with Crippen molar-refractivity contribution >= 4 is 11.9 Å². The molecule has 3 aliphatic rings. The number of carbonyl (C=O) groups is 2. The highest BCUT2D eigenvalue weighted by atomic mass is 16.2. The van der Waals surface area contributed by atoms with Crippen LogP contribution >= 0.6 is 0 Å². The predicted octanol–water partition coefficient (Wildman–Crippen LogP) is 1.90. The number of hydrogen-bond acceptors (Lipinski definition) is 3. The third-order valence-corrected chi connectivity index (χ3v) is 5.62.